The number of nitrogens with one attached hydrogen (secondary N) is 1. The van der Waals surface area contributed by atoms with Crippen LogP contribution in [0.3, 0.4) is 0 Å². The van der Waals surface area contributed by atoms with Gasteiger partial charge in [0.15, 0.2) is 11.2 Å². The van der Waals surface area contributed by atoms with Crippen LogP contribution in [-0.4, -0.2) is 28.7 Å². The van der Waals surface area contributed by atoms with Crippen molar-refractivity contribution in [1.29, 1.82) is 0 Å². The average molecular weight is 342 g/mol. The zero-order valence-corrected chi connectivity index (χ0v) is 14.7. The predicted octanol–water partition coefficient (Wildman–Crippen LogP) is 1.61. The summed E-state index contributed by atoms with van der Waals surface area (Å²) in [5.74, 6) is 0.605. The standard InChI is InChI=1S/C17H22N6O2/c1-4-8-22-15-14(16(24)23(9-5-2)17(22)25)21(3)13(20-15)7-6-12-10-18-11-19-12/h6-7,10-11H,4-5,8-9H2,1-3H3,(H,18,19)/b7-6+. The maximum absolute atomic E-state index is 12.8. The number of aryl methyl sites for hydroxylation is 2. The van der Waals surface area contributed by atoms with Crippen molar-refractivity contribution in [2.24, 2.45) is 7.05 Å². The van der Waals surface area contributed by atoms with Crippen molar-refractivity contribution >= 4 is 23.3 Å². The van der Waals surface area contributed by atoms with Crippen molar-refractivity contribution in [3.8, 4) is 0 Å². The van der Waals surface area contributed by atoms with E-state index < -0.39 is 0 Å². The Balaban J connectivity index is 2.25. The third-order valence-electron chi connectivity index (χ3n) is 4.09. The maximum atomic E-state index is 12.8. The molecule has 0 unspecified atom stereocenters. The lowest BCUT2D eigenvalue weighted by Gasteiger charge is -2.10. The van der Waals surface area contributed by atoms with E-state index in [2.05, 4.69) is 15.0 Å². The molecule has 0 amide bonds. The smallest absolute Gasteiger partial charge is 0.332 e. The second-order valence-corrected chi connectivity index (χ2v) is 5.92. The third-order valence-corrected chi connectivity index (χ3v) is 4.09. The van der Waals surface area contributed by atoms with Crippen molar-refractivity contribution < 1.29 is 0 Å². The Hall–Kier alpha value is -2.90. The zero-order valence-electron chi connectivity index (χ0n) is 14.7. The van der Waals surface area contributed by atoms with Gasteiger partial charge in [-0.25, -0.2) is 14.8 Å². The van der Waals surface area contributed by atoms with Gasteiger partial charge in [-0.2, -0.15) is 0 Å². The lowest BCUT2D eigenvalue weighted by molar-refractivity contribution is 0.554. The number of hydrogen-bond acceptors (Lipinski definition) is 4. The molecule has 0 aliphatic heterocycles. The molecule has 0 saturated carbocycles. The minimum absolute atomic E-state index is 0.288. The van der Waals surface area contributed by atoms with Crippen molar-refractivity contribution in [2.75, 3.05) is 0 Å². The number of fused-ring (bicyclic) bond motifs is 1. The molecule has 25 heavy (non-hydrogen) atoms. The van der Waals surface area contributed by atoms with Crippen LogP contribution in [-0.2, 0) is 20.1 Å². The topological polar surface area (TPSA) is 90.5 Å². The Morgan fingerprint density at radius 2 is 1.84 bits per heavy atom. The van der Waals surface area contributed by atoms with E-state index in [0.29, 0.717) is 30.1 Å². The van der Waals surface area contributed by atoms with Gasteiger partial charge in [-0.15, -0.1) is 0 Å². The quantitative estimate of drug-likeness (QED) is 0.737. The van der Waals surface area contributed by atoms with Gasteiger partial charge >= 0.3 is 5.69 Å². The average Bonchev–Trinajstić information content (AvgIpc) is 3.22. The van der Waals surface area contributed by atoms with Crippen LogP contribution in [0.15, 0.2) is 22.1 Å². The molecule has 0 aromatic carbocycles. The molecule has 3 rings (SSSR count). The normalized spacial score (nSPS) is 11.8. The minimum atomic E-state index is -0.290. The number of H-pyrrole nitrogens is 1. The van der Waals surface area contributed by atoms with E-state index in [1.54, 1.807) is 34.8 Å². The molecule has 3 aromatic heterocycles. The molecular weight excluding hydrogens is 320 g/mol. The summed E-state index contributed by atoms with van der Waals surface area (Å²) in [6.45, 7) is 4.87. The molecule has 0 radical (unpaired) electrons. The minimum Gasteiger partial charge on any atom is -0.351 e. The van der Waals surface area contributed by atoms with Crippen LogP contribution >= 0.6 is 0 Å². The van der Waals surface area contributed by atoms with Crippen LogP contribution in [0.25, 0.3) is 23.3 Å². The number of imidazole rings is 2. The number of nitrogens with zero attached hydrogens (tertiary/aromatic N) is 5. The van der Waals surface area contributed by atoms with Gasteiger partial charge in [0.05, 0.1) is 12.0 Å². The van der Waals surface area contributed by atoms with Crippen LogP contribution in [0.2, 0.25) is 0 Å². The molecule has 0 bridgehead atoms. The Kier molecular flexibility index (Phi) is 4.69. The molecule has 0 aliphatic carbocycles. The Bertz CT molecular complexity index is 1020. The summed E-state index contributed by atoms with van der Waals surface area (Å²) in [7, 11) is 1.79. The van der Waals surface area contributed by atoms with Gasteiger partial charge in [-0.3, -0.25) is 13.9 Å². The highest BCUT2D eigenvalue weighted by Crippen LogP contribution is 2.13. The molecule has 8 heteroatoms. The summed E-state index contributed by atoms with van der Waals surface area (Å²) in [6.07, 6.45) is 8.47. The van der Waals surface area contributed by atoms with E-state index in [1.165, 1.54) is 4.57 Å². The van der Waals surface area contributed by atoms with Gasteiger partial charge in [-0.05, 0) is 25.0 Å². The first kappa shape index (κ1) is 16.9. The number of aromatic amines is 1. The van der Waals surface area contributed by atoms with Crippen molar-refractivity contribution in [2.45, 2.75) is 39.8 Å². The first-order valence-electron chi connectivity index (χ1n) is 8.45. The molecule has 0 spiro atoms. The molecule has 0 aliphatic rings. The van der Waals surface area contributed by atoms with E-state index in [0.717, 1.165) is 18.5 Å². The third kappa shape index (κ3) is 2.95. The molecule has 1 N–H and O–H groups in total. The van der Waals surface area contributed by atoms with E-state index in [4.69, 9.17) is 0 Å². The molecular formula is C17H22N6O2. The fourth-order valence-electron chi connectivity index (χ4n) is 2.90. The van der Waals surface area contributed by atoms with Gasteiger partial charge in [0, 0.05) is 26.3 Å². The van der Waals surface area contributed by atoms with Crippen LogP contribution in [0.1, 0.15) is 38.2 Å². The fraction of sp³-hybridized carbons (Fsp3) is 0.412. The number of hydrogen-bond donors (Lipinski definition) is 1. The molecule has 132 valence electrons. The molecule has 8 nitrogen and oxygen atoms in total. The molecule has 3 heterocycles. The van der Waals surface area contributed by atoms with Crippen molar-refractivity contribution in [3.05, 3.63) is 44.9 Å². The SMILES string of the molecule is CCCn1c(=O)c2c(nc(/C=C/c3c[nH]cn3)n2C)n(CCC)c1=O. The highest BCUT2D eigenvalue weighted by Gasteiger charge is 2.18. The second-order valence-electron chi connectivity index (χ2n) is 5.92. The summed E-state index contributed by atoms with van der Waals surface area (Å²) in [4.78, 5) is 37.1. The molecule has 0 saturated heterocycles. The van der Waals surface area contributed by atoms with Crippen LogP contribution < -0.4 is 11.2 Å². The summed E-state index contributed by atoms with van der Waals surface area (Å²) >= 11 is 0. The fourth-order valence-corrected chi connectivity index (χ4v) is 2.90. The first-order chi connectivity index (χ1) is 12.1. The monoisotopic (exact) mass is 342 g/mol. The van der Waals surface area contributed by atoms with Crippen LogP contribution in [0.4, 0.5) is 0 Å². The molecule has 0 atom stereocenters. The van der Waals surface area contributed by atoms with Crippen LogP contribution in [0.5, 0.6) is 0 Å². The van der Waals surface area contributed by atoms with E-state index >= 15 is 0 Å². The summed E-state index contributed by atoms with van der Waals surface area (Å²) < 4.78 is 4.64. The van der Waals surface area contributed by atoms with Crippen molar-refractivity contribution in [1.82, 2.24) is 28.7 Å². The Labute approximate surface area is 144 Å². The van der Waals surface area contributed by atoms with E-state index in [9.17, 15) is 9.59 Å². The molecule has 3 aromatic rings. The number of rotatable bonds is 6. The second kappa shape index (κ2) is 6.92. The van der Waals surface area contributed by atoms with Crippen LogP contribution in [0, 0.1) is 0 Å². The number of aromatic nitrogens is 6. The van der Waals surface area contributed by atoms with Gasteiger partial charge in [0.1, 0.15) is 5.82 Å². The lowest BCUT2D eigenvalue weighted by Crippen LogP contribution is -2.40. The summed E-state index contributed by atoms with van der Waals surface area (Å²) in [5, 5.41) is 0. The van der Waals surface area contributed by atoms with Gasteiger partial charge < -0.3 is 9.55 Å². The van der Waals surface area contributed by atoms with Gasteiger partial charge in [0.25, 0.3) is 5.56 Å². The van der Waals surface area contributed by atoms with Crippen molar-refractivity contribution in [3.63, 3.8) is 0 Å². The van der Waals surface area contributed by atoms with E-state index in [-0.39, 0.29) is 11.2 Å². The largest absolute Gasteiger partial charge is 0.351 e. The first-order valence-corrected chi connectivity index (χ1v) is 8.45. The zero-order chi connectivity index (χ0) is 18.0. The summed E-state index contributed by atoms with van der Waals surface area (Å²) in [5.41, 5.74) is 1.07. The highest BCUT2D eigenvalue weighted by molar-refractivity contribution is 5.76. The van der Waals surface area contributed by atoms with E-state index in [1.807, 2.05) is 19.9 Å². The maximum Gasteiger partial charge on any atom is 0.332 e. The molecule has 0 fully saturated rings. The summed E-state index contributed by atoms with van der Waals surface area (Å²) in [6, 6.07) is 0. The lowest BCUT2D eigenvalue weighted by atomic mass is 10.4. The highest BCUT2D eigenvalue weighted by atomic mass is 16.2. The Morgan fingerprint density at radius 3 is 2.48 bits per heavy atom. The predicted molar refractivity (Wildman–Crippen MR) is 97.3 cm³/mol. The van der Waals surface area contributed by atoms with Gasteiger partial charge in [0.2, 0.25) is 0 Å². The Morgan fingerprint density at radius 1 is 1.12 bits per heavy atom. The van der Waals surface area contributed by atoms with Gasteiger partial charge in [-0.1, -0.05) is 13.8 Å².